The van der Waals surface area contributed by atoms with Crippen LogP contribution in [0.5, 0.6) is 0 Å². The van der Waals surface area contributed by atoms with Crippen LogP contribution in [0.3, 0.4) is 0 Å². The van der Waals surface area contributed by atoms with Crippen LogP contribution in [0.1, 0.15) is 38.2 Å². The van der Waals surface area contributed by atoms with Crippen LogP contribution in [-0.4, -0.2) is 4.98 Å². The molecule has 60 valence electrons. The Bertz CT molecular complexity index is 532. The Labute approximate surface area is 90.0 Å². The van der Waals surface area contributed by atoms with Crippen molar-refractivity contribution in [3.8, 4) is 0 Å². The van der Waals surface area contributed by atoms with E-state index < -0.39 is 32.1 Å². The van der Waals surface area contributed by atoms with E-state index in [0.717, 1.165) is 12.3 Å². The summed E-state index contributed by atoms with van der Waals surface area (Å²) in [4.78, 5) is 3.64. The van der Waals surface area contributed by atoms with Crippen LogP contribution in [0.4, 0.5) is 0 Å². The lowest BCUT2D eigenvalue weighted by Crippen LogP contribution is -1.89. The highest BCUT2D eigenvalue weighted by Crippen LogP contribution is 2.15. The molecule has 0 spiro atoms. The van der Waals surface area contributed by atoms with Crippen molar-refractivity contribution in [2.75, 3.05) is 0 Å². The Morgan fingerprint density at radius 3 is 3.45 bits per heavy atom. The summed E-state index contributed by atoms with van der Waals surface area (Å²) in [6, 6.07) is 0.862. The van der Waals surface area contributed by atoms with Gasteiger partial charge in [0.15, 0.2) is 0 Å². The molecule has 0 aliphatic carbocycles. The summed E-state index contributed by atoms with van der Waals surface area (Å²) in [6.45, 7) is -5.80. The highest BCUT2D eigenvalue weighted by molar-refractivity contribution is 9.10. The minimum absolute atomic E-state index is 0.108. The maximum absolute atomic E-state index is 7.77. The number of nitrogens with zero attached hydrogens (tertiary/aromatic N) is 1. The zero-order valence-electron chi connectivity index (χ0n) is 15.5. The predicted octanol–water partition coefficient (Wildman–Crippen LogP) is 3.11. The van der Waals surface area contributed by atoms with Gasteiger partial charge in [0.25, 0.3) is 0 Å². The molecule has 0 aliphatic heterocycles. The Kier molecular flexibility index (Phi) is 0.813. The average molecular weight is 224 g/mol. The van der Waals surface area contributed by atoms with Crippen LogP contribution in [0.2, 0.25) is 0 Å². The second-order valence-corrected chi connectivity index (χ2v) is 2.65. The summed E-state index contributed by atoms with van der Waals surface area (Å²) in [6.07, 6.45) is -5.20. The first-order chi connectivity index (χ1) is 9.12. The van der Waals surface area contributed by atoms with Crippen LogP contribution < -0.4 is 0 Å². The van der Waals surface area contributed by atoms with Gasteiger partial charge >= 0.3 is 0 Å². The summed E-state index contributed by atoms with van der Waals surface area (Å²) < 4.78 is 74.1. The van der Waals surface area contributed by atoms with Gasteiger partial charge in [-0.15, -0.1) is 0 Å². The first-order valence-electron chi connectivity index (χ1n) is 7.79. The quantitative estimate of drug-likeness (QED) is 0.752. The minimum Gasteiger partial charge on any atom is -0.260 e. The third-order valence-electron chi connectivity index (χ3n) is 1.05. The number of hydrogen-bond donors (Lipinski definition) is 0. The molecule has 1 nitrogen and oxygen atoms in total. The lowest BCUT2D eigenvalue weighted by Gasteiger charge is -2.00. The van der Waals surface area contributed by atoms with E-state index in [1.54, 1.807) is 0 Å². The normalized spacial score (nSPS) is 28.5. The lowest BCUT2D eigenvalue weighted by molar-refractivity contribution is 0.878. The topological polar surface area (TPSA) is 12.9 Å². The minimum atomic E-state index is -3.23. The van der Waals surface area contributed by atoms with Gasteiger partial charge in [0.1, 0.15) is 0 Å². The number of halogens is 1. The molecule has 1 rings (SSSR count). The molecule has 0 saturated carbocycles. The van der Waals surface area contributed by atoms with Crippen LogP contribution >= 0.6 is 15.9 Å². The summed E-state index contributed by atoms with van der Waals surface area (Å²) in [7, 11) is 0. The van der Waals surface area contributed by atoms with E-state index in [2.05, 4.69) is 20.9 Å². The number of hydrogen-bond acceptors (Lipinski definition) is 1. The monoisotopic (exact) mass is 223 g/mol. The SMILES string of the molecule is [2H]C([2H])([2H])c1cc(C([2H])([2H])C([2H])([2H])C([2H])([2H])[2H])ncc1Br. The van der Waals surface area contributed by atoms with Gasteiger partial charge in [-0.05, 0) is 40.8 Å². The zero-order chi connectivity index (χ0) is 16.9. The third-order valence-corrected chi connectivity index (χ3v) is 1.68. The van der Waals surface area contributed by atoms with Crippen LogP contribution in [0.25, 0.3) is 0 Å². The molecule has 1 aromatic rings. The Hall–Kier alpha value is -0.370. The van der Waals surface area contributed by atoms with Crippen molar-refractivity contribution in [1.29, 1.82) is 0 Å². The lowest BCUT2D eigenvalue weighted by atomic mass is 10.2. The first-order valence-corrected chi connectivity index (χ1v) is 3.58. The molecule has 11 heavy (non-hydrogen) atoms. The van der Waals surface area contributed by atoms with Gasteiger partial charge in [0.2, 0.25) is 0 Å². The molecular weight excluding hydrogens is 202 g/mol. The summed E-state index contributed by atoms with van der Waals surface area (Å²) >= 11 is 2.97. The summed E-state index contributed by atoms with van der Waals surface area (Å²) in [5, 5.41) is 0. The fraction of sp³-hybridized carbons (Fsp3) is 0.444. The van der Waals surface area contributed by atoms with E-state index in [1.165, 1.54) is 0 Å². The van der Waals surface area contributed by atoms with E-state index in [-0.39, 0.29) is 10.0 Å². The molecule has 0 bridgehead atoms. The summed E-state index contributed by atoms with van der Waals surface area (Å²) in [5.41, 5.74) is -0.851. The Morgan fingerprint density at radius 2 is 2.73 bits per heavy atom. The fourth-order valence-electron chi connectivity index (χ4n) is 0.571. The average Bonchev–Trinajstić information content (AvgIpc) is 2.25. The maximum atomic E-state index is 7.77. The summed E-state index contributed by atoms with van der Waals surface area (Å²) in [5.74, 6) is 0. The molecule has 0 amide bonds. The van der Waals surface area contributed by atoms with Crippen molar-refractivity contribution in [2.24, 2.45) is 0 Å². The number of aromatic nitrogens is 1. The van der Waals surface area contributed by atoms with Gasteiger partial charge in [-0.1, -0.05) is 13.2 Å². The molecule has 0 aliphatic rings. The van der Waals surface area contributed by atoms with Crippen LogP contribution in [-0.2, 0) is 6.37 Å². The molecule has 0 radical (unpaired) electrons. The second kappa shape index (κ2) is 3.86. The standard InChI is InChI=1S/C9H12BrN/c1-3-4-8-5-7(2)9(10)6-11-8/h5-6H,3-4H2,1-2H3/i1D3,2D3,3D2,4D2. The molecular formula is C9H12BrN. The molecule has 1 heterocycles. The predicted molar refractivity (Wildman–Crippen MR) is 50.7 cm³/mol. The van der Waals surface area contributed by atoms with Crippen molar-refractivity contribution < 1.29 is 13.7 Å². The van der Waals surface area contributed by atoms with Crippen molar-refractivity contribution in [1.82, 2.24) is 4.98 Å². The molecule has 0 unspecified atom stereocenters. The zero-order valence-corrected chi connectivity index (χ0v) is 7.07. The smallest absolute Gasteiger partial charge is 0.0416 e. The van der Waals surface area contributed by atoms with Gasteiger partial charge < -0.3 is 0 Å². The van der Waals surface area contributed by atoms with Crippen molar-refractivity contribution in [3.05, 3.63) is 28.0 Å². The second-order valence-electron chi connectivity index (χ2n) is 1.80. The number of aryl methyl sites for hydroxylation is 2. The molecule has 2 heteroatoms. The van der Waals surface area contributed by atoms with E-state index in [1.807, 2.05) is 0 Å². The Morgan fingerprint density at radius 1 is 1.82 bits per heavy atom. The van der Waals surface area contributed by atoms with Crippen LogP contribution in [0.15, 0.2) is 16.7 Å². The van der Waals surface area contributed by atoms with E-state index in [0.29, 0.717) is 0 Å². The molecule has 1 aromatic heterocycles. The highest BCUT2D eigenvalue weighted by Gasteiger charge is 1.96. The van der Waals surface area contributed by atoms with Crippen LogP contribution in [0, 0.1) is 6.85 Å². The number of rotatable bonds is 2. The van der Waals surface area contributed by atoms with Crippen molar-refractivity contribution in [2.45, 2.75) is 26.4 Å². The van der Waals surface area contributed by atoms with Crippen molar-refractivity contribution in [3.63, 3.8) is 0 Å². The third kappa shape index (κ3) is 2.29. The van der Waals surface area contributed by atoms with Crippen molar-refractivity contribution >= 4 is 15.9 Å². The maximum Gasteiger partial charge on any atom is 0.0416 e. The molecule has 0 saturated heterocycles. The molecule has 0 N–H and O–H groups in total. The van der Waals surface area contributed by atoms with Gasteiger partial charge in [-0.3, -0.25) is 4.98 Å². The van der Waals surface area contributed by atoms with E-state index in [9.17, 15) is 0 Å². The molecule has 0 fully saturated rings. The van der Waals surface area contributed by atoms with Gasteiger partial charge in [-0.25, -0.2) is 0 Å². The fourth-order valence-corrected chi connectivity index (χ4v) is 0.788. The Balaban J connectivity index is 3.47. The first kappa shape index (κ1) is 2.32. The van der Waals surface area contributed by atoms with Gasteiger partial charge in [0, 0.05) is 30.1 Å². The van der Waals surface area contributed by atoms with E-state index in [4.69, 9.17) is 13.7 Å². The van der Waals surface area contributed by atoms with Gasteiger partial charge in [0.05, 0.1) is 0 Å². The number of pyridine rings is 1. The largest absolute Gasteiger partial charge is 0.260 e. The molecule has 0 aromatic carbocycles. The van der Waals surface area contributed by atoms with Gasteiger partial charge in [-0.2, -0.15) is 0 Å². The van der Waals surface area contributed by atoms with E-state index >= 15 is 0 Å². The molecule has 0 atom stereocenters. The highest BCUT2D eigenvalue weighted by atomic mass is 79.9.